The van der Waals surface area contributed by atoms with E-state index < -0.39 is 0 Å². The molecule has 1 amide bonds. The summed E-state index contributed by atoms with van der Waals surface area (Å²) in [6.07, 6.45) is 2.59. The SMILES string of the molecule is Cc1ccccc1-n1c(C)nnc1SCC(=O)Nc1ccc(CN2CCCC2)cc1. The van der Waals surface area contributed by atoms with Crippen molar-refractivity contribution < 1.29 is 4.79 Å². The van der Waals surface area contributed by atoms with Crippen LogP contribution in [0.2, 0.25) is 0 Å². The molecule has 1 N–H and O–H groups in total. The van der Waals surface area contributed by atoms with Crippen molar-refractivity contribution in [3.8, 4) is 5.69 Å². The fraction of sp³-hybridized carbons (Fsp3) is 0.348. The van der Waals surface area contributed by atoms with Crippen LogP contribution >= 0.6 is 11.8 Å². The Morgan fingerprint density at radius 1 is 1.03 bits per heavy atom. The van der Waals surface area contributed by atoms with Crippen molar-refractivity contribution in [2.24, 2.45) is 0 Å². The Balaban J connectivity index is 1.35. The van der Waals surface area contributed by atoms with Gasteiger partial charge < -0.3 is 5.32 Å². The molecule has 3 aromatic rings. The molecule has 1 aliphatic rings. The first-order chi connectivity index (χ1) is 14.6. The molecule has 7 heteroatoms. The molecule has 0 unspecified atom stereocenters. The number of likely N-dealkylation sites (tertiary alicyclic amines) is 1. The van der Waals surface area contributed by atoms with Gasteiger partial charge in [0.2, 0.25) is 5.91 Å². The van der Waals surface area contributed by atoms with Crippen molar-refractivity contribution in [2.45, 2.75) is 38.4 Å². The first-order valence-corrected chi connectivity index (χ1v) is 11.3. The summed E-state index contributed by atoms with van der Waals surface area (Å²) in [4.78, 5) is 14.9. The van der Waals surface area contributed by atoms with Crippen LogP contribution < -0.4 is 5.32 Å². The van der Waals surface area contributed by atoms with Crippen molar-refractivity contribution in [2.75, 3.05) is 24.2 Å². The molecular weight excluding hydrogens is 394 g/mol. The molecule has 2 aromatic carbocycles. The highest BCUT2D eigenvalue weighted by atomic mass is 32.2. The van der Waals surface area contributed by atoms with Gasteiger partial charge in [0.25, 0.3) is 0 Å². The van der Waals surface area contributed by atoms with Crippen LogP contribution in [0.3, 0.4) is 0 Å². The number of hydrogen-bond donors (Lipinski definition) is 1. The zero-order chi connectivity index (χ0) is 20.9. The molecule has 6 nitrogen and oxygen atoms in total. The van der Waals surface area contributed by atoms with Crippen LogP contribution in [0.4, 0.5) is 5.69 Å². The number of rotatable bonds is 7. The van der Waals surface area contributed by atoms with E-state index in [9.17, 15) is 4.79 Å². The van der Waals surface area contributed by atoms with Gasteiger partial charge in [0.05, 0.1) is 11.4 Å². The molecule has 0 spiro atoms. The highest BCUT2D eigenvalue weighted by Gasteiger charge is 2.15. The Labute approximate surface area is 181 Å². The van der Waals surface area contributed by atoms with Gasteiger partial charge >= 0.3 is 0 Å². The largest absolute Gasteiger partial charge is 0.325 e. The molecule has 0 saturated carbocycles. The monoisotopic (exact) mass is 421 g/mol. The molecule has 0 bridgehead atoms. The second-order valence-electron chi connectivity index (χ2n) is 7.67. The van der Waals surface area contributed by atoms with E-state index in [0.29, 0.717) is 0 Å². The molecule has 0 aliphatic carbocycles. The number of hydrogen-bond acceptors (Lipinski definition) is 5. The third kappa shape index (κ3) is 4.91. The summed E-state index contributed by atoms with van der Waals surface area (Å²) in [6, 6.07) is 16.3. The quantitative estimate of drug-likeness (QED) is 0.579. The van der Waals surface area contributed by atoms with Gasteiger partial charge in [0.1, 0.15) is 5.82 Å². The Kier molecular flexibility index (Phi) is 6.50. The minimum absolute atomic E-state index is 0.0516. The summed E-state index contributed by atoms with van der Waals surface area (Å²) in [5, 5.41) is 12.2. The van der Waals surface area contributed by atoms with E-state index in [-0.39, 0.29) is 11.7 Å². The maximum Gasteiger partial charge on any atom is 0.234 e. The van der Waals surface area contributed by atoms with Gasteiger partial charge in [-0.1, -0.05) is 42.1 Å². The Morgan fingerprint density at radius 3 is 2.50 bits per heavy atom. The number of aromatic nitrogens is 3. The molecular formula is C23H27N5OS. The van der Waals surface area contributed by atoms with Gasteiger partial charge in [-0.05, 0) is 69.1 Å². The lowest BCUT2D eigenvalue weighted by molar-refractivity contribution is -0.113. The smallest absolute Gasteiger partial charge is 0.234 e. The first-order valence-electron chi connectivity index (χ1n) is 10.3. The van der Waals surface area contributed by atoms with E-state index in [4.69, 9.17) is 0 Å². The Morgan fingerprint density at radius 2 is 1.77 bits per heavy atom. The van der Waals surface area contributed by atoms with E-state index >= 15 is 0 Å². The van der Waals surface area contributed by atoms with Gasteiger partial charge in [-0.25, -0.2) is 0 Å². The lowest BCUT2D eigenvalue weighted by Gasteiger charge is -2.14. The van der Waals surface area contributed by atoms with Crippen LogP contribution in [-0.4, -0.2) is 44.4 Å². The summed E-state index contributed by atoms with van der Waals surface area (Å²) in [7, 11) is 0. The average molecular weight is 422 g/mol. The van der Waals surface area contributed by atoms with Gasteiger partial charge in [-0.15, -0.1) is 10.2 Å². The van der Waals surface area contributed by atoms with Gasteiger partial charge in [0.15, 0.2) is 5.16 Å². The van der Waals surface area contributed by atoms with E-state index in [1.54, 1.807) is 0 Å². The summed E-state index contributed by atoms with van der Waals surface area (Å²) in [5.41, 5.74) is 4.28. The number of amides is 1. The lowest BCUT2D eigenvalue weighted by Crippen LogP contribution is -2.18. The molecule has 1 aromatic heterocycles. The molecule has 2 heterocycles. The molecule has 0 radical (unpaired) electrons. The molecule has 1 aliphatic heterocycles. The standard InChI is InChI=1S/C23H27N5OS/c1-17-7-3-4-8-21(17)28-18(2)25-26-23(28)30-16-22(29)24-20-11-9-19(10-12-20)15-27-13-5-6-14-27/h3-4,7-12H,5-6,13-16H2,1-2H3,(H,24,29). The number of para-hydroxylation sites is 1. The predicted molar refractivity (Wildman–Crippen MR) is 121 cm³/mol. The lowest BCUT2D eigenvalue weighted by atomic mass is 10.2. The molecule has 4 rings (SSSR count). The number of benzene rings is 2. The second kappa shape index (κ2) is 9.45. The third-order valence-corrected chi connectivity index (χ3v) is 6.26. The van der Waals surface area contributed by atoms with Gasteiger partial charge in [-0.3, -0.25) is 14.3 Å². The van der Waals surface area contributed by atoms with E-state index in [1.807, 2.05) is 41.8 Å². The van der Waals surface area contributed by atoms with E-state index in [0.717, 1.165) is 34.5 Å². The Hall–Kier alpha value is -2.64. The Bertz CT molecular complexity index is 1010. The van der Waals surface area contributed by atoms with Crippen LogP contribution in [0, 0.1) is 13.8 Å². The number of anilines is 1. The number of carbonyl (C=O) groups is 1. The summed E-state index contributed by atoms with van der Waals surface area (Å²) < 4.78 is 2.00. The molecule has 30 heavy (non-hydrogen) atoms. The van der Waals surface area contributed by atoms with Crippen molar-refractivity contribution in [1.82, 2.24) is 19.7 Å². The van der Waals surface area contributed by atoms with Gasteiger partial charge in [0, 0.05) is 12.2 Å². The number of aryl methyl sites for hydroxylation is 2. The maximum atomic E-state index is 12.5. The number of thioether (sulfide) groups is 1. The predicted octanol–water partition coefficient (Wildman–Crippen LogP) is 4.21. The van der Waals surface area contributed by atoms with Gasteiger partial charge in [-0.2, -0.15) is 0 Å². The number of nitrogens with one attached hydrogen (secondary N) is 1. The maximum absolute atomic E-state index is 12.5. The van der Waals surface area contributed by atoms with E-state index in [1.165, 1.54) is 43.3 Å². The molecule has 156 valence electrons. The summed E-state index contributed by atoms with van der Waals surface area (Å²) >= 11 is 1.39. The zero-order valence-corrected chi connectivity index (χ0v) is 18.3. The average Bonchev–Trinajstić information content (AvgIpc) is 3.38. The van der Waals surface area contributed by atoms with Crippen molar-refractivity contribution >= 4 is 23.4 Å². The first kappa shape index (κ1) is 20.6. The summed E-state index contributed by atoms with van der Waals surface area (Å²) in [6.45, 7) is 7.33. The zero-order valence-electron chi connectivity index (χ0n) is 17.5. The molecule has 1 saturated heterocycles. The number of nitrogens with zero attached hydrogens (tertiary/aromatic N) is 4. The van der Waals surface area contributed by atoms with Crippen LogP contribution in [0.25, 0.3) is 5.69 Å². The van der Waals surface area contributed by atoms with E-state index in [2.05, 4.69) is 45.5 Å². The van der Waals surface area contributed by atoms with Crippen molar-refractivity contribution in [1.29, 1.82) is 0 Å². The topological polar surface area (TPSA) is 63.1 Å². The normalized spacial score (nSPS) is 14.2. The molecule has 0 atom stereocenters. The van der Waals surface area contributed by atoms with Crippen LogP contribution in [-0.2, 0) is 11.3 Å². The minimum Gasteiger partial charge on any atom is -0.325 e. The fourth-order valence-corrected chi connectivity index (χ4v) is 4.54. The highest BCUT2D eigenvalue weighted by Crippen LogP contribution is 2.24. The van der Waals surface area contributed by atoms with Crippen LogP contribution in [0.5, 0.6) is 0 Å². The third-order valence-electron chi connectivity index (χ3n) is 5.33. The van der Waals surface area contributed by atoms with Crippen LogP contribution in [0.15, 0.2) is 53.7 Å². The second-order valence-corrected chi connectivity index (χ2v) is 8.61. The van der Waals surface area contributed by atoms with Crippen molar-refractivity contribution in [3.63, 3.8) is 0 Å². The fourth-order valence-electron chi connectivity index (χ4n) is 3.75. The summed E-state index contributed by atoms with van der Waals surface area (Å²) in [5.74, 6) is 1.03. The van der Waals surface area contributed by atoms with Crippen LogP contribution in [0.1, 0.15) is 29.8 Å². The van der Waals surface area contributed by atoms with Crippen molar-refractivity contribution in [3.05, 3.63) is 65.5 Å². The molecule has 1 fully saturated rings. The minimum atomic E-state index is -0.0516. The highest BCUT2D eigenvalue weighted by molar-refractivity contribution is 7.99. The number of carbonyl (C=O) groups excluding carboxylic acids is 1.